The molecule has 1 aromatic heterocycles. The first kappa shape index (κ1) is 11.8. The van der Waals surface area contributed by atoms with Crippen LogP contribution in [0.3, 0.4) is 0 Å². The molecule has 3 N–H and O–H groups in total. The van der Waals surface area contributed by atoms with E-state index in [2.05, 4.69) is 26.1 Å². The average molecular weight is 235 g/mol. The van der Waals surface area contributed by atoms with Crippen molar-refractivity contribution in [3.63, 3.8) is 0 Å². The van der Waals surface area contributed by atoms with Crippen molar-refractivity contribution in [1.29, 1.82) is 0 Å². The maximum atomic E-state index is 11.3. The van der Waals surface area contributed by atoms with Crippen molar-refractivity contribution >= 4 is 11.7 Å². The number of hydrogen-bond acceptors (Lipinski definition) is 5. The maximum Gasteiger partial charge on any atom is 0.271 e. The van der Waals surface area contributed by atoms with E-state index in [1.54, 1.807) is 19.2 Å². The summed E-state index contributed by atoms with van der Waals surface area (Å²) in [5.74, 6) is 0.510. The van der Waals surface area contributed by atoms with Crippen LogP contribution in [0.5, 0.6) is 0 Å². The monoisotopic (exact) mass is 235 g/mol. The molecule has 92 valence electrons. The number of aromatic nitrogens is 2. The lowest BCUT2D eigenvalue weighted by molar-refractivity contribution is 0.0957. The van der Waals surface area contributed by atoms with Crippen LogP contribution in [0, 0.1) is 0 Å². The van der Waals surface area contributed by atoms with Crippen molar-refractivity contribution in [1.82, 2.24) is 20.8 Å². The zero-order chi connectivity index (χ0) is 12.1. The molecule has 0 unspecified atom stereocenters. The quantitative estimate of drug-likeness (QED) is 0.687. The molecule has 0 saturated carbocycles. The number of anilines is 1. The summed E-state index contributed by atoms with van der Waals surface area (Å²) in [5, 5.41) is 17.0. The zero-order valence-electron chi connectivity index (χ0n) is 9.86. The SMILES string of the molecule is CNC(=O)c1ccc(NC2CCNCC2)nn1. The summed E-state index contributed by atoms with van der Waals surface area (Å²) in [6.07, 6.45) is 2.16. The third kappa shape index (κ3) is 3.13. The molecule has 0 aromatic carbocycles. The predicted molar refractivity (Wildman–Crippen MR) is 64.9 cm³/mol. The van der Waals surface area contributed by atoms with Crippen LogP contribution in [0.2, 0.25) is 0 Å². The molecule has 0 spiro atoms. The third-order valence-electron chi connectivity index (χ3n) is 2.82. The molecule has 0 bridgehead atoms. The number of piperidine rings is 1. The van der Waals surface area contributed by atoms with Crippen LogP contribution in [-0.4, -0.2) is 42.3 Å². The lowest BCUT2D eigenvalue weighted by Gasteiger charge is -2.23. The number of carbonyl (C=O) groups excluding carboxylic acids is 1. The van der Waals surface area contributed by atoms with Gasteiger partial charge in [0.25, 0.3) is 5.91 Å². The molecule has 1 amide bonds. The first-order valence-corrected chi connectivity index (χ1v) is 5.82. The van der Waals surface area contributed by atoms with Gasteiger partial charge >= 0.3 is 0 Å². The van der Waals surface area contributed by atoms with Crippen LogP contribution in [-0.2, 0) is 0 Å². The van der Waals surface area contributed by atoms with Gasteiger partial charge in [-0.1, -0.05) is 0 Å². The molecule has 1 fully saturated rings. The van der Waals surface area contributed by atoms with Gasteiger partial charge in [0.2, 0.25) is 0 Å². The average Bonchev–Trinajstić information content (AvgIpc) is 2.40. The third-order valence-corrected chi connectivity index (χ3v) is 2.82. The van der Waals surface area contributed by atoms with Gasteiger partial charge in [0.15, 0.2) is 5.69 Å². The van der Waals surface area contributed by atoms with Gasteiger partial charge in [0, 0.05) is 13.1 Å². The molecule has 1 aromatic rings. The summed E-state index contributed by atoms with van der Waals surface area (Å²) < 4.78 is 0. The van der Waals surface area contributed by atoms with Crippen LogP contribution in [0.15, 0.2) is 12.1 Å². The summed E-state index contributed by atoms with van der Waals surface area (Å²) >= 11 is 0. The number of nitrogens with one attached hydrogen (secondary N) is 3. The molecule has 2 rings (SSSR count). The summed E-state index contributed by atoms with van der Waals surface area (Å²) in [6.45, 7) is 2.06. The largest absolute Gasteiger partial charge is 0.366 e. The van der Waals surface area contributed by atoms with Crippen molar-refractivity contribution < 1.29 is 4.79 Å². The minimum Gasteiger partial charge on any atom is -0.366 e. The Hall–Kier alpha value is -1.69. The van der Waals surface area contributed by atoms with Gasteiger partial charge in [-0.05, 0) is 38.1 Å². The molecule has 0 atom stereocenters. The molecule has 2 heterocycles. The molecule has 1 aliphatic rings. The van der Waals surface area contributed by atoms with Crippen LogP contribution in [0.4, 0.5) is 5.82 Å². The Labute approximate surface area is 100 Å². The van der Waals surface area contributed by atoms with Crippen molar-refractivity contribution in [3.05, 3.63) is 17.8 Å². The molecule has 6 nitrogen and oxygen atoms in total. The van der Waals surface area contributed by atoms with Crippen molar-refractivity contribution in [2.45, 2.75) is 18.9 Å². The highest BCUT2D eigenvalue weighted by Crippen LogP contribution is 2.10. The summed E-state index contributed by atoms with van der Waals surface area (Å²) in [7, 11) is 1.57. The van der Waals surface area contributed by atoms with Gasteiger partial charge in [0.1, 0.15) is 5.82 Å². The van der Waals surface area contributed by atoms with Gasteiger partial charge < -0.3 is 16.0 Å². The van der Waals surface area contributed by atoms with Crippen molar-refractivity contribution in [2.75, 3.05) is 25.5 Å². The van der Waals surface area contributed by atoms with Crippen LogP contribution >= 0.6 is 0 Å². The highest BCUT2D eigenvalue weighted by molar-refractivity contribution is 5.91. The van der Waals surface area contributed by atoms with Crippen molar-refractivity contribution in [3.8, 4) is 0 Å². The Balaban J connectivity index is 1.95. The molecular weight excluding hydrogens is 218 g/mol. The number of amides is 1. The van der Waals surface area contributed by atoms with E-state index < -0.39 is 0 Å². The van der Waals surface area contributed by atoms with Crippen LogP contribution in [0.1, 0.15) is 23.3 Å². The first-order valence-electron chi connectivity index (χ1n) is 5.82. The molecular formula is C11H17N5O. The van der Waals surface area contributed by atoms with E-state index in [0.29, 0.717) is 11.7 Å². The topological polar surface area (TPSA) is 78.9 Å². The number of rotatable bonds is 3. The summed E-state index contributed by atoms with van der Waals surface area (Å²) in [6, 6.07) is 3.91. The van der Waals surface area contributed by atoms with E-state index in [1.807, 2.05) is 0 Å². The molecule has 0 radical (unpaired) electrons. The standard InChI is InChI=1S/C11H17N5O/c1-12-11(17)9-2-3-10(16-15-9)14-8-4-6-13-7-5-8/h2-3,8,13H,4-7H2,1H3,(H,12,17)(H,14,16). The van der Waals surface area contributed by atoms with Gasteiger partial charge in [-0.3, -0.25) is 4.79 Å². The summed E-state index contributed by atoms with van der Waals surface area (Å²) in [4.78, 5) is 11.3. The van der Waals surface area contributed by atoms with Crippen molar-refractivity contribution in [2.24, 2.45) is 0 Å². The van der Waals surface area contributed by atoms with E-state index >= 15 is 0 Å². The molecule has 17 heavy (non-hydrogen) atoms. The maximum absolute atomic E-state index is 11.3. The Bertz CT molecular complexity index is 372. The molecule has 1 saturated heterocycles. The van der Waals surface area contributed by atoms with Gasteiger partial charge in [0.05, 0.1) is 0 Å². The number of hydrogen-bond donors (Lipinski definition) is 3. The Morgan fingerprint density at radius 1 is 1.35 bits per heavy atom. The Morgan fingerprint density at radius 2 is 2.12 bits per heavy atom. The number of nitrogens with zero attached hydrogens (tertiary/aromatic N) is 2. The molecule has 0 aliphatic carbocycles. The fraction of sp³-hybridized carbons (Fsp3) is 0.545. The van der Waals surface area contributed by atoms with E-state index in [9.17, 15) is 4.79 Å². The zero-order valence-corrected chi connectivity index (χ0v) is 9.86. The minimum absolute atomic E-state index is 0.217. The van der Waals surface area contributed by atoms with Gasteiger partial charge in [-0.25, -0.2) is 0 Å². The summed E-state index contributed by atoms with van der Waals surface area (Å²) in [5.41, 5.74) is 0.336. The lowest BCUT2D eigenvalue weighted by atomic mass is 10.1. The minimum atomic E-state index is -0.217. The highest BCUT2D eigenvalue weighted by Gasteiger charge is 2.13. The van der Waals surface area contributed by atoms with E-state index in [4.69, 9.17) is 0 Å². The Morgan fingerprint density at radius 3 is 2.71 bits per heavy atom. The van der Waals surface area contributed by atoms with Gasteiger partial charge in [-0.15, -0.1) is 10.2 Å². The second kappa shape index (κ2) is 5.58. The van der Waals surface area contributed by atoms with E-state index in [1.165, 1.54) is 0 Å². The smallest absolute Gasteiger partial charge is 0.271 e. The predicted octanol–water partition coefficient (Wildman–Crippen LogP) is 0.0001000. The fourth-order valence-electron chi connectivity index (χ4n) is 1.83. The second-order valence-corrected chi connectivity index (χ2v) is 4.05. The normalized spacial score (nSPS) is 16.5. The Kier molecular flexibility index (Phi) is 3.87. The molecule has 1 aliphatic heterocycles. The lowest BCUT2D eigenvalue weighted by Crippen LogP contribution is -2.35. The fourth-order valence-corrected chi connectivity index (χ4v) is 1.83. The highest BCUT2D eigenvalue weighted by atomic mass is 16.1. The van der Waals surface area contributed by atoms with Gasteiger partial charge in [-0.2, -0.15) is 0 Å². The van der Waals surface area contributed by atoms with E-state index in [0.717, 1.165) is 31.7 Å². The van der Waals surface area contributed by atoms with Crippen LogP contribution < -0.4 is 16.0 Å². The second-order valence-electron chi connectivity index (χ2n) is 4.05. The van der Waals surface area contributed by atoms with E-state index in [-0.39, 0.29) is 5.91 Å². The molecule has 6 heteroatoms. The first-order chi connectivity index (χ1) is 8.29. The van der Waals surface area contributed by atoms with Crippen LogP contribution in [0.25, 0.3) is 0 Å². The number of carbonyl (C=O) groups is 1.